The van der Waals surface area contributed by atoms with Crippen molar-refractivity contribution in [3.8, 4) is 0 Å². The number of ether oxygens (including phenoxy) is 1. The molecule has 1 saturated heterocycles. The Morgan fingerprint density at radius 1 is 1.25 bits per heavy atom. The number of carbonyl (C=O) groups excluding carboxylic acids is 1. The first kappa shape index (κ1) is 19.1. The van der Waals surface area contributed by atoms with E-state index in [1.54, 1.807) is 42.5 Å². The Hall–Kier alpha value is -2.22. The number of amides is 1. The summed E-state index contributed by atoms with van der Waals surface area (Å²) in [5.41, 5.74) is -0.985. The van der Waals surface area contributed by atoms with Crippen LogP contribution in [0.4, 0.5) is 4.39 Å². The molecule has 146 valence electrons. The van der Waals surface area contributed by atoms with E-state index in [0.29, 0.717) is 22.0 Å². The largest absolute Gasteiger partial charge is 0.390 e. The first-order valence-corrected chi connectivity index (χ1v) is 10.0. The molecule has 0 aliphatic carbocycles. The van der Waals surface area contributed by atoms with Gasteiger partial charge < -0.3 is 15.2 Å². The number of rotatable bonds is 2. The molecule has 0 radical (unpaired) electrons. The number of amidine groups is 1. The number of halogens is 1. The number of benzene rings is 2. The van der Waals surface area contributed by atoms with E-state index >= 15 is 0 Å². The lowest BCUT2D eigenvalue weighted by Crippen LogP contribution is -2.62. The van der Waals surface area contributed by atoms with Gasteiger partial charge in [0.15, 0.2) is 5.17 Å². The second kappa shape index (κ2) is 7.31. The monoisotopic (exact) mass is 400 g/mol. The molecule has 1 fully saturated rings. The van der Waals surface area contributed by atoms with Crippen LogP contribution in [-0.4, -0.2) is 41.3 Å². The van der Waals surface area contributed by atoms with Crippen LogP contribution in [0.5, 0.6) is 0 Å². The first-order chi connectivity index (χ1) is 13.5. The number of carbonyl (C=O) groups is 1. The van der Waals surface area contributed by atoms with E-state index in [2.05, 4.69) is 5.32 Å². The number of nitrogens with zero attached hydrogens (tertiary/aromatic N) is 1. The molecule has 2 aliphatic heterocycles. The molecular weight excluding hydrogens is 379 g/mol. The molecule has 0 saturated carbocycles. The highest BCUT2D eigenvalue weighted by molar-refractivity contribution is 8.14. The number of fused-ring (bicyclic) bond motifs is 1. The Balaban J connectivity index is 1.77. The molecule has 2 heterocycles. The van der Waals surface area contributed by atoms with Crippen LogP contribution < -0.4 is 5.32 Å². The molecule has 3 atom stereocenters. The van der Waals surface area contributed by atoms with Crippen molar-refractivity contribution in [1.82, 2.24) is 5.32 Å². The molecule has 0 bridgehead atoms. The third kappa shape index (κ3) is 3.03. The summed E-state index contributed by atoms with van der Waals surface area (Å²) < 4.78 is 20.4. The van der Waals surface area contributed by atoms with Crippen LogP contribution in [0, 0.1) is 11.2 Å². The van der Waals surface area contributed by atoms with Crippen molar-refractivity contribution in [3.63, 3.8) is 0 Å². The van der Waals surface area contributed by atoms with E-state index < -0.39 is 22.9 Å². The summed E-state index contributed by atoms with van der Waals surface area (Å²) in [6.07, 6.45) is -0.802. The zero-order valence-electron chi connectivity index (χ0n) is 15.4. The smallest absolute Gasteiger partial charge is 0.257 e. The number of hydrogen-bond acceptors (Lipinski definition) is 5. The number of thioether (sulfide) groups is 1. The van der Waals surface area contributed by atoms with Gasteiger partial charge in [-0.1, -0.05) is 55.1 Å². The average molecular weight is 400 g/mol. The lowest BCUT2D eigenvalue weighted by molar-refractivity contribution is -0.134. The number of aliphatic hydroxyl groups is 1. The van der Waals surface area contributed by atoms with Gasteiger partial charge in [0.05, 0.1) is 19.3 Å². The molecule has 2 N–H and O–H groups in total. The van der Waals surface area contributed by atoms with E-state index in [4.69, 9.17) is 9.73 Å². The van der Waals surface area contributed by atoms with E-state index in [-0.39, 0.29) is 19.1 Å². The van der Waals surface area contributed by atoms with Crippen LogP contribution in [0.15, 0.2) is 59.6 Å². The van der Waals surface area contributed by atoms with Crippen LogP contribution >= 0.6 is 11.8 Å². The van der Waals surface area contributed by atoms with Crippen molar-refractivity contribution in [2.45, 2.75) is 18.6 Å². The summed E-state index contributed by atoms with van der Waals surface area (Å²) in [5, 5.41) is 13.9. The normalized spacial score (nSPS) is 29.5. The van der Waals surface area contributed by atoms with Crippen molar-refractivity contribution >= 4 is 22.8 Å². The molecule has 2 aliphatic rings. The molecule has 5 nitrogen and oxygen atoms in total. The first-order valence-electron chi connectivity index (χ1n) is 9.06. The summed E-state index contributed by atoms with van der Waals surface area (Å²) in [4.78, 5) is 17.3. The number of nitrogens with one attached hydrogen (secondary N) is 1. The lowest BCUT2D eigenvalue weighted by atomic mass is 9.64. The zero-order valence-corrected chi connectivity index (χ0v) is 16.2. The van der Waals surface area contributed by atoms with E-state index in [0.717, 1.165) is 0 Å². The second-order valence-electron chi connectivity index (χ2n) is 7.31. The fourth-order valence-corrected chi connectivity index (χ4v) is 5.06. The highest BCUT2D eigenvalue weighted by atomic mass is 32.2. The quantitative estimate of drug-likeness (QED) is 0.813. The van der Waals surface area contributed by atoms with Crippen LogP contribution in [0.1, 0.15) is 22.8 Å². The summed E-state index contributed by atoms with van der Waals surface area (Å²) >= 11 is 1.35. The van der Waals surface area contributed by atoms with Crippen molar-refractivity contribution in [2.75, 3.05) is 19.0 Å². The fraction of sp³-hybridized carbons (Fsp3) is 0.333. The molecule has 7 heteroatoms. The highest BCUT2D eigenvalue weighted by Gasteiger charge is 2.59. The zero-order chi connectivity index (χ0) is 19.8. The Bertz CT molecular complexity index is 923. The minimum absolute atomic E-state index is 0.132. The maximum Gasteiger partial charge on any atom is 0.257 e. The molecule has 1 amide bonds. The van der Waals surface area contributed by atoms with Crippen LogP contribution in [0.25, 0.3) is 0 Å². The average Bonchev–Trinajstić information content (AvgIpc) is 2.70. The number of aliphatic hydroxyl groups excluding tert-OH is 1. The van der Waals surface area contributed by atoms with Gasteiger partial charge in [0, 0.05) is 22.3 Å². The molecule has 1 unspecified atom stereocenters. The lowest BCUT2D eigenvalue weighted by Gasteiger charge is -2.53. The Morgan fingerprint density at radius 3 is 2.71 bits per heavy atom. The third-order valence-corrected chi connectivity index (χ3v) is 6.85. The van der Waals surface area contributed by atoms with Crippen molar-refractivity contribution in [2.24, 2.45) is 10.4 Å². The van der Waals surface area contributed by atoms with Gasteiger partial charge in [-0.2, -0.15) is 0 Å². The minimum atomic E-state index is -1.12. The van der Waals surface area contributed by atoms with Gasteiger partial charge in [0.1, 0.15) is 11.4 Å². The fourth-order valence-electron chi connectivity index (χ4n) is 3.81. The van der Waals surface area contributed by atoms with Gasteiger partial charge in [-0.3, -0.25) is 4.79 Å². The molecule has 28 heavy (non-hydrogen) atoms. The third-order valence-electron chi connectivity index (χ3n) is 5.64. The molecule has 0 aromatic heterocycles. The Morgan fingerprint density at radius 2 is 1.96 bits per heavy atom. The van der Waals surface area contributed by atoms with Gasteiger partial charge >= 0.3 is 0 Å². The van der Waals surface area contributed by atoms with Gasteiger partial charge in [0.25, 0.3) is 5.91 Å². The molecule has 2 aromatic carbocycles. The molecule has 2 aromatic rings. The summed E-state index contributed by atoms with van der Waals surface area (Å²) in [7, 11) is 0. The van der Waals surface area contributed by atoms with Crippen molar-refractivity contribution in [1.29, 1.82) is 0 Å². The predicted molar refractivity (Wildman–Crippen MR) is 107 cm³/mol. The molecule has 0 spiro atoms. The van der Waals surface area contributed by atoms with Crippen LogP contribution in [0.3, 0.4) is 0 Å². The maximum absolute atomic E-state index is 14.8. The van der Waals surface area contributed by atoms with Crippen molar-refractivity contribution in [3.05, 3.63) is 71.5 Å². The standard InChI is InChI=1S/C21H21FN2O3S/c1-20-13-28-19(23-18(26)14-7-3-2-4-8-14)24-21(20,12-27-11-17(20)25)15-9-5-6-10-16(15)22/h2-10,17,25H,11-13H2,1H3,(H,23,24,26)/t17-,20?,21+/m0/s1. The molecular formula is C21H21FN2O3S. The van der Waals surface area contributed by atoms with E-state index in [9.17, 15) is 14.3 Å². The van der Waals surface area contributed by atoms with Gasteiger partial charge in [-0.05, 0) is 18.2 Å². The second-order valence-corrected chi connectivity index (χ2v) is 8.28. The van der Waals surface area contributed by atoms with Crippen molar-refractivity contribution < 1.29 is 19.0 Å². The van der Waals surface area contributed by atoms with Crippen LogP contribution in [-0.2, 0) is 10.3 Å². The topological polar surface area (TPSA) is 70.9 Å². The molecule has 4 rings (SSSR count). The summed E-state index contributed by atoms with van der Waals surface area (Å²) in [6, 6.07) is 15.3. The SMILES string of the molecule is CC12CSC(NC(=O)c3ccccc3)=N[C@@]1(c1ccccc1F)COC[C@@H]2O. The predicted octanol–water partition coefficient (Wildman–Crippen LogP) is 2.95. The Kier molecular flexibility index (Phi) is 4.99. The number of hydrogen-bond donors (Lipinski definition) is 2. The van der Waals surface area contributed by atoms with Gasteiger partial charge in [-0.25, -0.2) is 9.38 Å². The van der Waals surface area contributed by atoms with Gasteiger partial charge in [-0.15, -0.1) is 0 Å². The van der Waals surface area contributed by atoms with E-state index in [1.807, 2.05) is 13.0 Å². The van der Waals surface area contributed by atoms with Crippen LogP contribution in [0.2, 0.25) is 0 Å². The summed E-state index contributed by atoms with van der Waals surface area (Å²) in [5.74, 6) is -0.216. The maximum atomic E-state index is 14.8. The number of aliphatic imine (C=N–C) groups is 1. The minimum Gasteiger partial charge on any atom is -0.390 e. The van der Waals surface area contributed by atoms with Gasteiger partial charge in [0.2, 0.25) is 0 Å². The van der Waals surface area contributed by atoms with E-state index in [1.165, 1.54) is 17.8 Å². The highest BCUT2D eigenvalue weighted by Crippen LogP contribution is 2.53. The Labute approximate surface area is 167 Å². The summed E-state index contributed by atoms with van der Waals surface area (Å²) in [6.45, 7) is 2.21.